The summed E-state index contributed by atoms with van der Waals surface area (Å²) in [7, 11) is -0.302. The number of halogens is 1. The summed E-state index contributed by atoms with van der Waals surface area (Å²) in [5, 5.41) is 3.18. The number of hydrogen-bond donors (Lipinski definition) is 1. The quantitative estimate of drug-likeness (QED) is 0.380. The van der Waals surface area contributed by atoms with Crippen LogP contribution in [0.1, 0.15) is 57.8 Å². The first-order valence-electron chi connectivity index (χ1n) is 10.3. The van der Waals surface area contributed by atoms with E-state index in [0.29, 0.717) is 47.1 Å². The highest BCUT2D eigenvalue weighted by Crippen LogP contribution is 2.47. The number of amides is 1. The summed E-state index contributed by atoms with van der Waals surface area (Å²) in [5.74, 6) is 1.44. The van der Waals surface area contributed by atoms with Gasteiger partial charge in [-0.1, -0.05) is 39.9 Å². The molecule has 1 aliphatic rings. The average molecular weight is 486 g/mol. The topological polar surface area (TPSA) is 56.8 Å². The van der Waals surface area contributed by atoms with Gasteiger partial charge in [0.1, 0.15) is 13.2 Å². The third-order valence-corrected chi connectivity index (χ3v) is 6.40. The van der Waals surface area contributed by atoms with E-state index in [-0.39, 0.29) is 25.7 Å². The first-order valence-corrected chi connectivity index (χ1v) is 13.8. The van der Waals surface area contributed by atoms with E-state index >= 15 is 0 Å². The number of nitrogens with one attached hydrogen (secondary N) is 1. The Kier molecular flexibility index (Phi) is 8.07. The predicted octanol–water partition coefficient (Wildman–Crippen LogP) is 5.69. The molecule has 5 nitrogen and oxygen atoms in total. The van der Waals surface area contributed by atoms with E-state index in [1.807, 2.05) is 0 Å². The lowest BCUT2D eigenvalue weighted by Gasteiger charge is -2.33. The van der Waals surface area contributed by atoms with Gasteiger partial charge in [0.15, 0.2) is 11.5 Å². The van der Waals surface area contributed by atoms with Crippen molar-refractivity contribution in [3.8, 4) is 17.2 Å². The van der Waals surface area contributed by atoms with E-state index in [1.165, 1.54) is 6.04 Å². The lowest BCUT2D eigenvalue weighted by Crippen LogP contribution is -2.46. The highest BCUT2D eigenvalue weighted by Gasteiger charge is 2.31. The summed E-state index contributed by atoms with van der Waals surface area (Å²) >= 11 is 3.53. The lowest BCUT2D eigenvalue weighted by molar-refractivity contribution is 0.0884. The fraction of sp³-hybridized carbons (Fsp3) is 0.682. The molecule has 0 spiro atoms. The maximum absolute atomic E-state index is 13.2. The molecule has 2 rings (SSSR count). The van der Waals surface area contributed by atoms with Crippen LogP contribution in [0.4, 0.5) is 0 Å². The van der Waals surface area contributed by atoms with Gasteiger partial charge in [-0.05, 0) is 54.1 Å². The molecule has 163 valence electrons. The van der Waals surface area contributed by atoms with Crippen LogP contribution in [0.2, 0.25) is 19.1 Å². The van der Waals surface area contributed by atoms with Crippen molar-refractivity contribution < 1.29 is 19.0 Å². The highest BCUT2D eigenvalue weighted by molar-refractivity contribution is 9.10. The molecule has 0 saturated heterocycles. The SMILES string of the molecule is C[Si](C)CCCOc1c(C(=O)NC(C)(C)CC(C)(C)C)cc(Br)c2c1OCCO2. The molecule has 0 aliphatic carbocycles. The minimum atomic E-state index is -0.353. The standard InChI is InChI=1S/C22H35BrNO4Si/c1-21(2,3)14-22(4,5)24-20(25)15-13-16(23)18-19(28-11-10-27-18)17(15)26-9-8-12-29(6)7/h13H,8-12,14H2,1-7H3,(H,24,25). The van der Waals surface area contributed by atoms with E-state index in [9.17, 15) is 4.79 Å². The van der Waals surface area contributed by atoms with Crippen molar-refractivity contribution in [2.24, 2.45) is 5.41 Å². The summed E-state index contributed by atoms with van der Waals surface area (Å²) in [6.45, 7) is 16.7. The largest absolute Gasteiger partial charge is 0.489 e. The van der Waals surface area contributed by atoms with Gasteiger partial charge >= 0.3 is 0 Å². The number of carbonyl (C=O) groups is 1. The van der Waals surface area contributed by atoms with E-state index in [2.05, 4.69) is 69.0 Å². The van der Waals surface area contributed by atoms with Crippen LogP contribution < -0.4 is 19.5 Å². The summed E-state index contributed by atoms with van der Waals surface area (Å²) in [4.78, 5) is 13.2. The van der Waals surface area contributed by atoms with Gasteiger partial charge in [0.2, 0.25) is 5.75 Å². The average Bonchev–Trinajstić information content (AvgIpc) is 2.57. The van der Waals surface area contributed by atoms with Crippen molar-refractivity contribution in [3.63, 3.8) is 0 Å². The molecule has 1 heterocycles. The first-order chi connectivity index (χ1) is 13.4. The van der Waals surface area contributed by atoms with Gasteiger partial charge in [-0.3, -0.25) is 4.79 Å². The Labute approximate surface area is 185 Å². The van der Waals surface area contributed by atoms with Crippen LogP contribution in [-0.4, -0.2) is 40.1 Å². The second-order valence-corrected chi connectivity index (χ2v) is 13.6. The summed E-state index contributed by atoms with van der Waals surface area (Å²) in [6, 6.07) is 2.95. The molecule has 1 aromatic carbocycles. The third-order valence-electron chi connectivity index (χ3n) is 4.46. The molecule has 0 fully saturated rings. The Balaban J connectivity index is 2.31. The lowest BCUT2D eigenvalue weighted by atomic mass is 9.81. The Hall–Kier alpha value is -1.21. The van der Waals surface area contributed by atoms with E-state index in [4.69, 9.17) is 14.2 Å². The van der Waals surface area contributed by atoms with Gasteiger partial charge in [-0.15, -0.1) is 0 Å². The molecule has 1 amide bonds. The summed E-state index contributed by atoms with van der Waals surface area (Å²) in [6.07, 6.45) is 1.81. The van der Waals surface area contributed by atoms with E-state index in [1.54, 1.807) is 6.07 Å². The Bertz CT molecular complexity index is 729. The molecule has 1 aliphatic heterocycles. The van der Waals surface area contributed by atoms with Gasteiger partial charge in [0.05, 0.1) is 16.6 Å². The molecular weight excluding hydrogens is 450 g/mol. The second kappa shape index (κ2) is 9.73. The van der Waals surface area contributed by atoms with Crippen LogP contribution in [0, 0.1) is 5.41 Å². The second-order valence-electron chi connectivity index (χ2n) is 9.82. The van der Waals surface area contributed by atoms with Gasteiger partial charge in [0, 0.05) is 14.3 Å². The number of benzene rings is 1. The monoisotopic (exact) mass is 484 g/mol. The first kappa shape index (κ1) is 24.1. The van der Waals surface area contributed by atoms with Crippen LogP contribution >= 0.6 is 15.9 Å². The van der Waals surface area contributed by atoms with Crippen LogP contribution in [0.15, 0.2) is 10.5 Å². The van der Waals surface area contributed by atoms with E-state index in [0.717, 1.165) is 12.8 Å². The molecule has 7 heteroatoms. The highest BCUT2D eigenvalue weighted by atomic mass is 79.9. The van der Waals surface area contributed by atoms with Crippen molar-refractivity contribution in [2.75, 3.05) is 19.8 Å². The Morgan fingerprint density at radius 1 is 1.17 bits per heavy atom. The number of hydrogen-bond acceptors (Lipinski definition) is 4. The van der Waals surface area contributed by atoms with Crippen molar-refractivity contribution in [1.29, 1.82) is 0 Å². The summed E-state index contributed by atoms with van der Waals surface area (Å²) < 4.78 is 18.4. The Morgan fingerprint density at radius 2 is 1.79 bits per heavy atom. The molecule has 0 bridgehead atoms. The molecule has 0 saturated carbocycles. The van der Waals surface area contributed by atoms with Crippen LogP contribution in [-0.2, 0) is 0 Å². The molecule has 29 heavy (non-hydrogen) atoms. The molecule has 0 unspecified atom stereocenters. The zero-order valence-electron chi connectivity index (χ0n) is 18.8. The molecule has 0 aromatic heterocycles. The van der Waals surface area contributed by atoms with Crippen LogP contribution in [0.3, 0.4) is 0 Å². The number of fused-ring (bicyclic) bond motifs is 1. The number of ether oxygens (including phenoxy) is 3. The van der Waals surface area contributed by atoms with Crippen molar-refractivity contribution in [1.82, 2.24) is 5.32 Å². The van der Waals surface area contributed by atoms with Crippen molar-refractivity contribution in [2.45, 2.75) is 72.1 Å². The van der Waals surface area contributed by atoms with E-state index < -0.39 is 0 Å². The van der Waals surface area contributed by atoms with Gasteiger partial charge < -0.3 is 19.5 Å². The summed E-state index contributed by atoms with van der Waals surface area (Å²) in [5.41, 5.74) is 0.221. The molecule has 1 aromatic rings. The van der Waals surface area contributed by atoms with Crippen LogP contribution in [0.5, 0.6) is 17.2 Å². The Morgan fingerprint density at radius 3 is 2.38 bits per heavy atom. The zero-order chi connectivity index (χ0) is 21.8. The minimum absolute atomic E-state index is 0.100. The molecule has 1 N–H and O–H groups in total. The maximum Gasteiger partial charge on any atom is 0.255 e. The fourth-order valence-electron chi connectivity index (χ4n) is 3.80. The maximum atomic E-state index is 13.2. The van der Waals surface area contributed by atoms with Gasteiger partial charge in [-0.25, -0.2) is 0 Å². The molecule has 1 radical (unpaired) electrons. The minimum Gasteiger partial charge on any atom is -0.489 e. The smallest absolute Gasteiger partial charge is 0.255 e. The molecule has 0 atom stereocenters. The third kappa shape index (κ3) is 7.21. The predicted molar refractivity (Wildman–Crippen MR) is 123 cm³/mol. The number of carbonyl (C=O) groups excluding carboxylic acids is 1. The normalized spacial score (nSPS) is 14.1. The van der Waals surface area contributed by atoms with Crippen molar-refractivity contribution >= 4 is 30.6 Å². The zero-order valence-corrected chi connectivity index (χ0v) is 21.4. The van der Waals surface area contributed by atoms with Crippen LogP contribution in [0.25, 0.3) is 0 Å². The molecular formula is C22H35BrNO4Si. The van der Waals surface area contributed by atoms with Gasteiger partial charge in [-0.2, -0.15) is 0 Å². The van der Waals surface area contributed by atoms with Gasteiger partial charge in [0.25, 0.3) is 5.91 Å². The number of rotatable bonds is 8. The fourth-order valence-corrected chi connectivity index (χ4v) is 5.18. The van der Waals surface area contributed by atoms with Crippen molar-refractivity contribution in [3.05, 3.63) is 16.1 Å².